The highest BCUT2D eigenvalue weighted by atomic mass is 16.4. The second-order valence-corrected chi connectivity index (χ2v) is 5.37. The van der Waals surface area contributed by atoms with Gasteiger partial charge in [-0.1, -0.05) is 24.3 Å². The maximum atomic E-state index is 12.4. The fourth-order valence-electron chi connectivity index (χ4n) is 2.94. The summed E-state index contributed by atoms with van der Waals surface area (Å²) in [6.07, 6.45) is 3.32. The van der Waals surface area contributed by atoms with Crippen LogP contribution >= 0.6 is 0 Å². The van der Waals surface area contributed by atoms with Gasteiger partial charge in [-0.15, -0.1) is 0 Å². The molecule has 2 heterocycles. The number of nitrogens with two attached hydrogens (primary N) is 1. The van der Waals surface area contributed by atoms with Crippen molar-refractivity contribution in [2.45, 2.75) is 0 Å². The van der Waals surface area contributed by atoms with Gasteiger partial charge in [0.05, 0.1) is 16.6 Å². The van der Waals surface area contributed by atoms with Crippen LogP contribution in [0.1, 0.15) is 5.56 Å². The molecule has 24 heavy (non-hydrogen) atoms. The van der Waals surface area contributed by atoms with Crippen LogP contribution in [0.3, 0.4) is 0 Å². The second kappa shape index (κ2) is 5.21. The van der Waals surface area contributed by atoms with Crippen LogP contribution in [-0.2, 0) is 0 Å². The van der Waals surface area contributed by atoms with Crippen LogP contribution in [0, 0.1) is 11.3 Å². The Bertz CT molecular complexity index is 1190. The van der Waals surface area contributed by atoms with Crippen molar-refractivity contribution < 1.29 is 4.42 Å². The number of nitrogen functional groups attached to an aromatic ring is 1. The van der Waals surface area contributed by atoms with Crippen LogP contribution in [0.25, 0.3) is 32.9 Å². The fraction of sp³-hybridized carbons (Fsp3) is 0. The van der Waals surface area contributed by atoms with Gasteiger partial charge in [0.2, 0.25) is 0 Å². The highest BCUT2D eigenvalue weighted by Gasteiger charge is 2.18. The van der Waals surface area contributed by atoms with Crippen molar-refractivity contribution in [1.29, 1.82) is 5.26 Å². The van der Waals surface area contributed by atoms with Crippen molar-refractivity contribution in [2.75, 3.05) is 5.73 Å². The Kier molecular flexibility index (Phi) is 3.04. The molecule has 0 fully saturated rings. The summed E-state index contributed by atoms with van der Waals surface area (Å²) in [5.74, 6) is 0. The Morgan fingerprint density at radius 2 is 1.96 bits per heavy atom. The molecule has 5 nitrogen and oxygen atoms in total. The molecule has 5 heteroatoms. The Morgan fingerprint density at radius 1 is 1.12 bits per heavy atom. The van der Waals surface area contributed by atoms with Crippen LogP contribution in [0.2, 0.25) is 0 Å². The summed E-state index contributed by atoms with van der Waals surface area (Å²) in [5, 5.41) is 11.2. The van der Waals surface area contributed by atoms with Crippen molar-refractivity contribution >= 4 is 27.4 Å². The van der Waals surface area contributed by atoms with E-state index < -0.39 is 5.63 Å². The van der Waals surface area contributed by atoms with Gasteiger partial charge in [-0.25, -0.2) is 4.79 Å². The van der Waals surface area contributed by atoms with E-state index in [0.717, 1.165) is 10.9 Å². The standard InChI is InChI=1S/C19H11N3O2/c20-9-15-13(11-4-3-7-22-10-11)8-14-12-5-1-2-6-16(12)24-19(23)17(14)18(15)21/h1-8,10H,21H2. The van der Waals surface area contributed by atoms with Gasteiger partial charge in [0.25, 0.3) is 0 Å². The van der Waals surface area contributed by atoms with Crippen LogP contribution in [0.15, 0.2) is 64.1 Å². The van der Waals surface area contributed by atoms with Gasteiger partial charge in [-0.3, -0.25) is 4.98 Å². The highest BCUT2D eigenvalue weighted by Crippen LogP contribution is 2.35. The number of anilines is 1. The molecule has 0 unspecified atom stereocenters. The van der Waals surface area contributed by atoms with Gasteiger partial charge < -0.3 is 10.2 Å². The average molecular weight is 313 g/mol. The largest absolute Gasteiger partial charge is 0.422 e. The third-order valence-electron chi connectivity index (χ3n) is 4.03. The van der Waals surface area contributed by atoms with Gasteiger partial charge in [0, 0.05) is 34.3 Å². The maximum absolute atomic E-state index is 12.4. The maximum Gasteiger partial charge on any atom is 0.346 e. The van der Waals surface area contributed by atoms with Crippen LogP contribution in [-0.4, -0.2) is 4.98 Å². The molecular formula is C19H11N3O2. The van der Waals surface area contributed by atoms with Gasteiger partial charge >= 0.3 is 5.63 Å². The molecule has 0 aliphatic rings. The van der Waals surface area contributed by atoms with Gasteiger partial charge in [-0.05, 0) is 18.2 Å². The number of nitrogens with zero attached hydrogens (tertiary/aromatic N) is 2. The Balaban J connectivity index is 2.25. The van der Waals surface area contributed by atoms with E-state index in [1.165, 1.54) is 0 Å². The van der Waals surface area contributed by atoms with E-state index in [1.54, 1.807) is 36.7 Å². The van der Waals surface area contributed by atoms with E-state index in [0.29, 0.717) is 16.5 Å². The van der Waals surface area contributed by atoms with E-state index >= 15 is 0 Å². The van der Waals surface area contributed by atoms with Crippen molar-refractivity contribution in [3.8, 4) is 17.2 Å². The Morgan fingerprint density at radius 3 is 2.71 bits per heavy atom. The first-order chi connectivity index (χ1) is 11.7. The van der Waals surface area contributed by atoms with Crippen molar-refractivity contribution in [1.82, 2.24) is 4.98 Å². The Hall–Kier alpha value is -3.65. The zero-order valence-electron chi connectivity index (χ0n) is 12.5. The summed E-state index contributed by atoms with van der Waals surface area (Å²) < 4.78 is 5.34. The highest BCUT2D eigenvalue weighted by molar-refractivity contribution is 6.11. The number of nitriles is 1. The summed E-state index contributed by atoms with van der Waals surface area (Å²) in [4.78, 5) is 16.5. The van der Waals surface area contributed by atoms with Gasteiger partial charge in [0.15, 0.2) is 0 Å². The number of hydrogen-bond donors (Lipinski definition) is 1. The molecule has 0 bridgehead atoms. The SMILES string of the molecule is N#Cc1c(-c2cccnc2)cc2c(c1N)c(=O)oc1ccccc12. The molecule has 0 aliphatic heterocycles. The monoisotopic (exact) mass is 313 g/mol. The number of aromatic nitrogens is 1. The van der Waals surface area contributed by atoms with Crippen LogP contribution in [0.5, 0.6) is 0 Å². The van der Waals surface area contributed by atoms with E-state index in [2.05, 4.69) is 11.1 Å². The number of rotatable bonds is 1. The second-order valence-electron chi connectivity index (χ2n) is 5.37. The fourth-order valence-corrected chi connectivity index (χ4v) is 2.94. The first-order valence-electron chi connectivity index (χ1n) is 7.29. The molecule has 4 aromatic rings. The minimum atomic E-state index is -0.546. The minimum absolute atomic E-state index is 0.133. The van der Waals surface area contributed by atoms with E-state index in [-0.39, 0.29) is 16.6 Å². The van der Waals surface area contributed by atoms with Crippen molar-refractivity contribution in [2.24, 2.45) is 0 Å². The summed E-state index contributed by atoms with van der Waals surface area (Å²) in [6.45, 7) is 0. The number of benzene rings is 2. The minimum Gasteiger partial charge on any atom is -0.422 e. The van der Waals surface area contributed by atoms with E-state index in [1.807, 2.05) is 18.2 Å². The van der Waals surface area contributed by atoms with Crippen molar-refractivity contribution in [3.63, 3.8) is 0 Å². The lowest BCUT2D eigenvalue weighted by molar-refractivity contribution is 0.570. The summed E-state index contributed by atoms with van der Waals surface area (Å²) in [5.41, 5.74) is 7.88. The molecule has 2 aromatic carbocycles. The molecule has 0 amide bonds. The first-order valence-corrected chi connectivity index (χ1v) is 7.29. The molecule has 2 aromatic heterocycles. The lowest BCUT2D eigenvalue weighted by Gasteiger charge is -2.11. The predicted octanol–water partition coefficient (Wildman–Crippen LogP) is 3.46. The molecule has 0 aliphatic carbocycles. The zero-order valence-corrected chi connectivity index (χ0v) is 12.5. The predicted molar refractivity (Wildman–Crippen MR) is 92.3 cm³/mol. The quantitative estimate of drug-likeness (QED) is 0.330. The topological polar surface area (TPSA) is 92.9 Å². The molecule has 0 spiro atoms. The average Bonchev–Trinajstić information content (AvgIpc) is 2.62. The molecule has 0 radical (unpaired) electrons. The molecular weight excluding hydrogens is 302 g/mol. The smallest absolute Gasteiger partial charge is 0.346 e. The van der Waals surface area contributed by atoms with Gasteiger partial charge in [0.1, 0.15) is 11.7 Å². The first kappa shape index (κ1) is 14.0. The third-order valence-corrected chi connectivity index (χ3v) is 4.03. The molecule has 0 saturated carbocycles. The van der Waals surface area contributed by atoms with E-state index in [9.17, 15) is 10.1 Å². The zero-order chi connectivity index (χ0) is 16.7. The molecule has 2 N–H and O–H groups in total. The molecule has 0 atom stereocenters. The number of para-hydroxylation sites is 1. The third kappa shape index (κ3) is 1.94. The normalized spacial score (nSPS) is 10.8. The van der Waals surface area contributed by atoms with Crippen LogP contribution in [0.4, 0.5) is 5.69 Å². The summed E-state index contributed by atoms with van der Waals surface area (Å²) in [7, 11) is 0. The van der Waals surface area contributed by atoms with Crippen molar-refractivity contribution in [3.05, 3.63) is 70.8 Å². The molecule has 4 rings (SSSR count). The Labute approximate surface area is 136 Å². The van der Waals surface area contributed by atoms with E-state index in [4.69, 9.17) is 10.2 Å². The number of pyridine rings is 1. The number of hydrogen-bond acceptors (Lipinski definition) is 5. The molecule has 114 valence electrons. The lowest BCUT2D eigenvalue weighted by Crippen LogP contribution is -2.06. The lowest BCUT2D eigenvalue weighted by atomic mass is 9.94. The summed E-state index contributed by atoms with van der Waals surface area (Å²) in [6, 6.07) is 14.8. The summed E-state index contributed by atoms with van der Waals surface area (Å²) >= 11 is 0. The van der Waals surface area contributed by atoms with Crippen LogP contribution < -0.4 is 11.4 Å². The number of fused-ring (bicyclic) bond motifs is 3. The van der Waals surface area contributed by atoms with Gasteiger partial charge in [-0.2, -0.15) is 5.26 Å². The molecule has 0 saturated heterocycles.